The monoisotopic (exact) mass is 248 g/mol. The molecule has 2 aromatic rings. The molecule has 1 aromatic carbocycles. The third-order valence-corrected chi connectivity index (χ3v) is 3.80. The Morgan fingerprint density at radius 1 is 1.44 bits per heavy atom. The van der Waals surface area contributed by atoms with Crippen molar-refractivity contribution in [2.24, 2.45) is 5.92 Å². The third kappa shape index (κ3) is 1.53. The molecule has 6 nitrogen and oxygen atoms in total. The van der Waals surface area contributed by atoms with Gasteiger partial charge in [0.05, 0.1) is 24.0 Å². The van der Waals surface area contributed by atoms with Crippen molar-refractivity contribution < 1.29 is 9.74 Å². The molecule has 0 spiro atoms. The van der Waals surface area contributed by atoms with E-state index in [4.69, 9.17) is 10.4 Å². The predicted molar refractivity (Wildman–Crippen MR) is 68.2 cm³/mol. The van der Waals surface area contributed by atoms with Gasteiger partial charge in [-0.15, -0.1) is 0 Å². The molecule has 96 valence electrons. The summed E-state index contributed by atoms with van der Waals surface area (Å²) in [6.07, 6.45) is 1.06. The van der Waals surface area contributed by atoms with Gasteiger partial charge in [0.1, 0.15) is 0 Å². The van der Waals surface area contributed by atoms with E-state index in [1.165, 1.54) is 0 Å². The lowest BCUT2D eigenvalue weighted by Crippen LogP contribution is -2.35. The second-order valence-corrected chi connectivity index (χ2v) is 4.84. The first-order valence-electron chi connectivity index (χ1n) is 6.10. The van der Waals surface area contributed by atoms with Crippen LogP contribution in [0.5, 0.6) is 0 Å². The van der Waals surface area contributed by atoms with Gasteiger partial charge in [-0.1, -0.05) is 6.92 Å². The lowest BCUT2D eigenvalue weighted by molar-refractivity contribution is 0.245. The summed E-state index contributed by atoms with van der Waals surface area (Å²) in [5, 5.41) is 17.3. The van der Waals surface area contributed by atoms with E-state index in [0.717, 1.165) is 18.7 Å². The van der Waals surface area contributed by atoms with Gasteiger partial charge in [0, 0.05) is 6.54 Å². The topological polar surface area (TPSA) is 88.4 Å². The molecular weight excluding hydrogens is 232 g/mol. The minimum Gasteiger partial charge on any atom is -0.397 e. The first-order valence-corrected chi connectivity index (χ1v) is 6.10. The molecule has 1 aliphatic rings. The molecule has 1 fully saturated rings. The van der Waals surface area contributed by atoms with Crippen LogP contribution in [0.15, 0.2) is 16.8 Å². The zero-order valence-corrected chi connectivity index (χ0v) is 10.2. The normalized spacial score (nSPS) is 24.0. The van der Waals surface area contributed by atoms with Crippen molar-refractivity contribution in [1.82, 2.24) is 10.3 Å². The number of hydrogen-bond acceptors (Lipinski definition) is 6. The number of hydrogen-bond donors (Lipinski definition) is 2. The van der Waals surface area contributed by atoms with Crippen LogP contribution in [0.3, 0.4) is 0 Å². The fraction of sp³-hybridized carbons (Fsp3) is 0.500. The number of nitrogen functional groups attached to an aromatic ring is 1. The molecular formula is C12H16N4O2. The summed E-state index contributed by atoms with van der Waals surface area (Å²) in [6, 6.07) is 3.84. The zero-order valence-electron chi connectivity index (χ0n) is 10.2. The number of aromatic nitrogens is 2. The quantitative estimate of drug-likeness (QED) is 0.771. The summed E-state index contributed by atoms with van der Waals surface area (Å²) in [5.41, 5.74) is 8.58. The fourth-order valence-electron chi connectivity index (χ4n) is 2.69. The second-order valence-electron chi connectivity index (χ2n) is 4.84. The summed E-state index contributed by atoms with van der Waals surface area (Å²) in [4.78, 5) is 2.16. The summed E-state index contributed by atoms with van der Waals surface area (Å²) < 4.78 is 4.77. The van der Waals surface area contributed by atoms with Gasteiger partial charge >= 0.3 is 0 Å². The average Bonchev–Trinajstić information content (AvgIpc) is 2.97. The molecule has 3 N–H and O–H groups in total. The molecule has 18 heavy (non-hydrogen) atoms. The van der Waals surface area contributed by atoms with Gasteiger partial charge in [0.2, 0.25) is 0 Å². The van der Waals surface area contributed by atoms with Gasteiger partial charge in [-0.2, -0.15) is 0 Å². The first kappa shape index (κ1) is 11.3. The van der Waals surface area contributed by atoms with Crippen LogP contribution in [0.25, 0.3) is 11.0 Å². The van der Waals surface area contributed by atoms with E-state index in [-0.39, 0.29) is 12.6 Å². The molecule has 1 aromatic heterocycles. The number of benzene rings is 1. The highest BCUT2D eigenvalue weighted by molar-refractivity contribution is 5.95. The lowest BCUT2D eigenvalue weighted by Gasteiger charge is -2.27. The standard InChI is InChI=1S/C12H16N4O2/c1-7-4-5-16(10(7)6-17)9-3-2-8(13)11-12(9)15-18-14-11/h2-3,7,10,17H,4-6,13H2,1H3. The van der Waals surface area contributed by atoms with Crippen LogP contribution in [0.2, 0.25) is 0 Å². The number of nitrogens with two attached hydrogens (primary N) is 1. The highest BCUT2D eigenvalue weighted by atomic mass is 16.6. The largest absolute Gasteiger partial charge is 0.397 e. The van der Waals surface area contributed by atoms with Gasteiger partial charge in [0.25, 0.3) is 0 Å². The maximum absolute atomic E-state index is 9.52. The number of aliphatic hydroxyl groups is 1. The Balaban J connectivity index is 2.09. The van der Waals surface area contributed by atoms with Crippen LogP contribution in [0, 0.1) is 5.92 Å². The van der Waals surface area contributed by atoms with Gasteiger partial charge in [-0.3, -0.25) is 0 Å². The Bertz CT molecular complexity index is 568. The molecule has 1 saturated heterocycles. The Kier molecular flexibility index (Phi) is 2.59. The SMILES string of the molecule is CC1CCN(c2ccc(N)c3nonc23)C1CO. The number of anilines is 2. The zero-order chi connectivity index (χ0) is 12.7. The van der Waals surface area contributed by atoms with Gasteiger partial charge in [0.15, 0.2) is 11.0 Å². The highest BCUT2D eigenvalue weighted by Crippen LogP contribution is 2.34. The van der Waals surface area contributed by atoms with E-state index in [0.29, 0.717) is 22.6 Å². The van der Waals surface area contributed by atoms with E-state index in [9.17, 15) is 5.11 Å². The van der Waals surface area contributed by atoms with Crippen LogP contribution < -0.4 is 10.6 Å². The Hall–Kier alpha value is -1.82. The van der Waals surface area contributed by atoms with E-state index >= 15 is 0 Å². The van der Waals surface area contributed by atoms with Crippen molar-refractivity contribution in [2.45, 2.75) is 19.4 Å². The minimum atomic E-state index is 0.119. The molecule has 2 unspecified atom stereocenters. The van der Waals surface area contributed by atoms with Crippen molar-refractivity contribution in [3.8, 4) is 0 Å². The number of rotatable bonds is 2. The smallest absolute Gasteiger partial charge is 0.160 e. The van der Waals surface area contributed by atoms with Crippen LogP contribution in [0.1, 0.15) is 13.3 Å². The van der Waals surface area contributed by atoms with Gasteiger partial charge in [-0.25, -0.2) is 4.63 Å². The maximum Gasteiger partial charge on any atom is 0.160 e. The molecule has 1 aliphatic heterocycles. The van der Waals surface area contributed by atoms with Crippen LogP contribution in [-0.4, -0.2) is 34.6 Å². The Labute approximate surface area is 104 Å². The molecule has 2 atom stereocenters. The Morgan fingerprint density at radius 2 is 2.22 bits per heavy atom. The molecule has 0 bridgehead atoms. The lowest BCUT2D eigenvalue weighted by atomic mass is 10.0. The molecule has 6 heteroatoms. The third-order valence-electron chi connectivity index (χ3n) is 3.80. The van der Waals surface area contributed by atoms with Gasteiger partial charge in [-0.05, 0) is 34.8 Å². The Morgan fingerprint density at radius 3 is 3.00 bits per heavy atom. The average molecular weight is 248 g/mol. The molecule has 0 amide bonds. The minimum absolute atomic E-state index is 0.119. The van der Waals surface area contributed by atoms with Crippen LogP contribution in [-0.2, 0) is 0 Å². The van der Waals surface area contributed by atoms with E-state index in [1.54, 1.807) is 6.07 Å². The maximum atomic E-state index is 9.52. The number of fused-ring (bicyclic) bond motifs is 1. The summed E-state index contributed by atoms with van der Waals surface area (Å²) >= 11 is 0. The number of nitrogens with zero attached hydrogens (tertiary/aromatic N) is 3. The molecule has 0 radical (unpaired) electrons. The fourth-order valence-corrected chi connectivity index (χ4v) is 2.69. The molecule has 0 aliphatic carbocycles. The summed E-state index contributed by atoms with van der Waals surface area (Å²) in [6.45, 7) is 3.19. The van der Waals surface area contributed by atoms with Crippen molar-refractivity contribution in [3.63, 3.8) is 0 Å². The van der Waals surface area contributed by atoms with Gasteiger partial charge < -0.3 is 15.7 Å². The second kappa shape index (κ2) is 4.13. The van der Waals surface area contributed by atoms with Crippen molar-refractivity contribution in [2.75, 3.05) is 23.8 Å². The van der Waals surface area contributed by atoms with Crippen molar-refractivity contribution in [1.29, 1.82) is 0 Å². The summed E-state index contributed by atoms with van der Waals surface area (Å²) in [7, 11) is 0. The van der Waals surface area contributed by atoms with E-state index in [2.05, 4.69) is 22.1 Å². The molecule has 0 saturated carbocycles. The van der Waals surface area contributed by atoms with Crippen LogP contribution >= 0.6 is 0 Å². The molecule has 2 heterocycles. The van der Waals surface area contributed by atoms with Crippen LogP contribution in [0.4, 0.5) is 11.4 Å². The number of aliphatic hydroxyl groups excluding tert-OH is 1. The van der Waals surface area contributed by atoms with E-state index in [1.807, 2.05) is 6.07 Å². The predicted octanol–water partition coefficient (Wildman–Crippen LogP) is 1.01. The van der Waals surface area contributed by atoms with Crippen molar-refractivity contribution in [3.05, 3.63) is 12.1 Å². The van der Waals surface area contributed by atoms with Crippen molar-refractivity contribution >= 4 is 22.4 Å². The molecule has 3 rings (SSSR count). The first-order chi connectivity index (χ1) is 8.72. The highest BCUT2D eigenvalue weighted by Gasteiger charge is 2.32. The summed E-state index contributed by atoms with van der Waals surface area (Å²) in [5.74, 6) is 0.461. The van der Waals surface area contributed by atoms with E-state index < -0.39 is 0 Å².